The van der Waals surface area contributed by atoms with Crippen LogP contribution in [0.4, 0.5) is 0 Å². The Balaban J connectivity index is 1.75. The van der Waals surface area contributed by atoms with Crippen LogP contribution in [-0.4, -0.2) is 80.4 Å². The smallest absolute Gasteiger partial charge is 0.239 e. The Kier molecular flexibility index (Phi) is 8.10. The molecule has 6 nitrogen and oxygen atoms in total. The van der Waals surface area contributed by atoms with Gasteiger partial charge in [0.1, 0.15) is 0 Å². The second-order valence-corrected chi connectivity index (χ2v) is 7.60. The predicted molar refractivity (Wildman–Crippen MR) is 112 cm³/mol. The normalized spacial score (nSPS) is 17.8. The van der Waals surface area contributed by atoms with Crippen LogP contribution in [0.3, 0.4) is 0 Å². The molecule has 6 heteroatoms. The van der Waals surface area contributed by atoms with E-state index in [0.29, 0.717) is 0 Å². The lowest BCUT2D eigenvalue weighted by Gasteiger charge is -2.26. The molecule has 0 saturated carbocycles. The van der Waals surface area contributed by atoms with Gasteiger partial charge in [-0.2, -0.15) is 0 Å². The van der Waals surface area contributed by atoms with E-state index in [0.717, 1.165) is 51.4 Å². The minimum absolute atomic E-state index is 0.0588. The standard InChI is InChI=1S/C21H35N5O/c1-17-9-11-18(12-10-17)16-25(5)21(22-2)23-13-7-15-26-14-6-8-19(26)20(27)24(3)4/h9-12,19H,6-8,13-16H2,1-5H3,(H,22,23). The van der Waals surface area contributed by atoms with Gasteiger partial charge in [0.05, 0.1) is 6.04 Å². The number of benzene rings is 1. The number of amides is 1. The molecular weight excluding hydrogens is 338 g/mol. The molecule has 1 aliphatic rings. The average Bonchev–Trinajstić information content (AvgIpc) is 3.11. The van der Waals surface area contributed by atoms with Gasteiger partial charge in [0.2, 0.25) is 5.91 Å². The minimum Gasteiger partial charge on any atom is -0.356 e. The molecule has 0 bridgehead atoms. The highest BCUT2D eigenvalue weighted by molar-refractivity contribution is 5.81. The third kappa shape index (κ3) is 6.24. The molecule has 1 fully saturated rings. The second-order valence-electron chi connectivity index (χ2n) is 7.60. The number of likely N-dealkylation sites (N-methyl/N-ethyl adjacent to an activating group) is 1. The third-order valence-corrected chi connectivity index (χ3v) is 5.11. The molecule has 0 aromatic heterocycles. The number of hydrogen-bond acceptors (Lipinski definition) is 3. The summed E-state index contributed by atoms with van der Waals surface area (Å²) in [7, 11) is 7.56. The fourth-order valence-corrected chi connectivity index (χ4v) is 3.58. The molecular formula is C21H35N5O. The first-order valence-corrected chi connectivity index (χ1v) is 9.85. The molecule has 0 radical (unpaired) electrons. The van der Waals surface area contributed by atoms with Crippen LogP contribution in [-0.2, 0) is 11.3 Å². The second kappa shape index (κ2) is 10.3. The zero-order valence-corrected chi connectivity index (χ0v) is 17.5. The van der Waals surface area contributed by atoms with Crippen LogP contribution < -0.4 is 5.32 Å². The van der Waals surface area contributed by atoms with Crippen LogP contribution >= 0.6 is 0 Å². The first kappa shape index (κ1) is 21.2. The van der Waals surface area contributed by atoms with Crippen LogP contribution in [0.25, 0.3) is 0 Å². The van der Waals surface area contributed by atoms with Gasteiger partial charge < -0.3 is 15.1 Å². The molecule has 2 rings (SSSR count). The minimum atomic E-state index is 0.0588. The van der Waals surface area contributed by atoms with Crippen molar-refractivity contribution in [1.82, 2.24) is 20.0 Å². The summed E-state index contributed by atoms with van der Waals surface area (Å²) in [6, 6.07) is 8.66. The first-order chi connectivity index (χ1) is 12.9. The Hall–Kier alpha value is -2.08. The predicted octanol–water partition coefficient (Wildman–Crippen LogP) is 1.94. The molecule has 1 N–H and O–H groups in total. The number of aryl methyl sites for hydroxylation is 1. The summed E-state index contributed by atoms with van der Waals surface area (Å²) in [6.07, 6.45) is 3.08. The maximum Gasteiger partial charge on any atom is 0.239 e. The number of rotatable bonds is 7. The van der Waals surface area contributed by atoms with E-state index in [4.69, 9.17) is 0 Å². The molecule has 0 aliphatic carbocycles. The van der Waals surface area contributed by atoms with Gasteiger partial charge in [0, 0.05) is 47.8 Å². The molecule has 1 saturated heterocycles. The summed E-state index contributed by atoms with van der Waals surface area (Å²) in [6.45, 7) is 5.74. The van der Waals surface area contributed by atoms with Gasteiger partial charge in [-0.1, -0.05) is 29.8 Å². The highest BCUT2D eigenvalue weighted by Gasteiger charge is 2.30. The number of aliphatic imine (C=N–C) groups is 1. The SMILES string of the molecule is CN=C(NCCCN1CCCC1C(=O)N(C)C)N(C)Cc1ccc(C)cc1. The number of hydrogen-bond donors (Lipinski definition) is 1. The Morgan fingerprint density at radius 1 is 1.26 bits per heavy atom. The quantitative estimate of drug-likeness (QED) is 0.451. The number of nitrogens with zero attached hydrogens (tertiary/aromatic N) is 4. The van der Waals surface area contributed by atoms with Crippen molar-refractivity contribution < 1.29 is 4.79 Å². The van der Waals surface area contributed by atoms with Crippen molar-refractivity contribution in [2.45, 2.75) is 38.8 Å². The highest BCUT2D eigenvalue weighted by Crippen LogP contribution is 2.18. The summed E-state index contributed by atoms with van der Waals surface area (Å²) >= 11 is 0. The zero-order valence-electron chi connectivity index (χ0n) is 17.5. The molecule has 1 amide bonds. The van der Waals surface area contributed by atoms with E-state index in [9.17, 15) is 4.79 Å². The number of carbonyl (C=O) groups is 1. The lowest BCUT2D eigenvalue weighted by atomic mass is 10.1. The molecule has 150 valence electrons. The molecule has 1 heterocycles. The van der Waals surface area contributed by atoms with Gasteiger partial charge in [-0.25, -0.2) is 0 Å². The fourth-order valence-electron chi connectivity index (χ4n) is 3.58. The lowest BCUT2D eigenvalue weighted by molar-refractivity contribution is -0.133. The largest absolute Gasteiger partial charge is 0.356 e. The van der Waals surface area contributed by atoms with E-state index in [1.54, 1.807) is 4.90 Å². The van der Waals surface area contributed by atoms with Gasteiger partial charge in [-0.15, -0.1) is 0 Å². The van der Waals surface area contributed by atoms with E-state index in [-0.39, 0.29) is 11.9 Å². The van der Waals surface area contributed by atoms with Gasteiger partial charge in [0.25, 0.3) is 0 Å². The number of likely N-dealkylation sites (tertiary alicyclic amines) is 1. The van der Waals surface area contributed by atoms with Crippen molar-refractivity contribution in [2.24, 2.45) is 4.99 Å². The maximum absolute atomic E-state index is 12.3. The Bertz CT molecular complexity index is 626. The molecule has 27 heavy (non-hydrogen) atoms. The Labute approximate surface area is 164 Å². The highest BCUT2D eigenvalue weighted by atomic mass is 16.2. The van der Waals surface area contributed by atoms with E-state index in [1.165, 1.54) is 11.1 Å². The van der Waals surface area contributed by atoms with Crippen molar-refractivity contribution in [2.75, 3.05) is 47.8 Å². The van der Waals surface area contributed by atoms with Crippen LogP contribution in [0.2, 0.25) is 0 Å². The molecule has 1 aromatic rings. The van der Waals surface area contributed by atoms with Crippen molar-refractivity contribution in [3.05, 3.63) is 35.4 Å². The van der Waals surface area contributed by atoms with Gasteiger partial charge in [-0.3, -0.25) is 14.7 Å². The van der Waals surface area contributed by atoms with Crippen molar-refractivity contribution in [3.63, 3.8) is 0 Å². The topological polar surface area (TPSA) is 51.2 Å². The van der Waals surface area contributed by atoms with Crippen molar-refractivity contribution >= 4 is 11.9 Å². The first-order valence-electron chi connectivity index (χ1n) is 9.85. The summed E-state index contributed by atoms with van der Waals surface area (Å²) in [5, 5.41) is 3.45. The molecule has 1 aromatic carbocycles. The number of carbonyl (C=O) groups excluding carboxylic acids is 1. The van der Waals surface area contributed by atoms with Crippen LogP contribution in [0, 0.1) is 6.92 Å². The van der Waals surface area contributed by atoms with Gasteiger partial charge >= 0.3 is 0 Å². The summed E-state index contributed by atoms with van der Waals surface area (Å²) in [5.74, 6) is 1.13. The van der Waals surface area contributed by atoms with E-state index < -0.39 is 0 Å². The van der Waals surface area contributed by atoms with Gasteiger partial charge in [0.15, 0.2) is 5.96 Å². The third-order valence-electron chi connectivity index (χ3n) is 5.11. The van der Waals surface area contributed by atoms with Crippen molar-refractivity contribution in [1.29, 1.82) is 0 Å². The lowest BCUT2D eigenvalue weighted by Crippen LogP contribution is -2.44. The molecule has 1 aliphatic heterocycles. The summed E-state index contributed by atoms with van der Waals surface area (Å²) in [4.78, 5) is 22.8. The number of nitrogens with one attached hydrogen (secondary N) is 1. The average molecular weight is 374 g/mol. The van der Waals surface area contributed by atoms with Crippen LogP contribution in [0.1, 0.15) is 30.4 Å². The van der Waals surface area contributed by atoms with Crippen LogP contribution in [0.15, 0.2) is 29.3 Å². The fraction of sp³-hybridized carbons (Fsp3) is 0.619. The van der Waals surface area contributed by atoms with Crippen molar-refractivity contribution in [3.8, 4) is 0 Å². The summed E-state index contributed by atoms with van der Waals surface area (Å²) < 4.78 is 0. The Morgan fingerprint density at radius 3 is 2.59 bits per heavy atom. The van der Waals surface area contributed by atoms with Crippen LogP contribution in [0.5, 0.6) is 0 Å². The van der Waals surface area contributed by atoms with E-state index in [1.807, 2.05) is 21.1 Å². The van der Waals surface area contributed by atoms with E-state index in [2.05, 4.69) is 58.3 Å². The zero-order chi connectivity index (χ0) is 19.8. The monoisotopic (exact) mass is 373 g/mol. The molecule has 1 unspecified atom stereocenters. The maximum atomic E-state index is 12.3. The Morgan fingerprint density at radius 2 is 1.96 bits per heavy atom. The summed E-state index contributed by atoms with van der Waals surface area (Å²) in [5.41, 5.74) is 2.55. The molecule has 0 spiro atoms. The van der Waals surface area contributed by atoms with E-state index >= 15 is 0 Å². The molecule has 1 atom stereocenters. The number of guanidine groups is 1. The van der Waals surface area contributed by atoms with Gasteiger partial charge in [-0.05, 0) is 38.3 Å².